The van der Waals surface area contributed by atoms with E-state index in [-0.39, 0.29) is 40.8 Å². The van der Waals surface area contributed by atoms with E-state index in [0.717, 1.165) is 41.3 Å². The lowest BCUT2D eigenvalue weighted by molar-refractivity contribution is -0.127. The third-order valence-electron chi connectivity index (χ3n) is 8.49. The Hall–Kier alpha value is -3.40. The topological polar surface area (TPSA) is 141 Å². The minimum atomic E-state index is -3.80. The lowest BCUT2D eigenvalue weighted by atomic mass is 9.92. The van der Waals surface area contributed by atoms with Gasteiger partial charge in [0.05, 0.1) is 23.6 Å². The molecule has 3 N–H and O–H groups in total. The zero-order valence-electron chi connectivity index (χ0n) is 27.3. The number of fused-ring (bicyclic) bond motifs is 2. The fourth-order valence-electron chi connectivity index (χ4n) is 6.03. The molecule has 0 spiro atoms. The molecule has 5 rings (SSSR count). The van der Waals surface area contributed by atoms with Crippen molar-refractivity contribution in [1.82, 2.24) is 9.88 Å². The van der Waals surface area contributed by atoms with Gasteiger partial charge in [0.25, 0.3) is 5.91 Å². The van der Waals surface area contributed by atoms with Gasteiger partial charge in [-0.15, -0.1) is 0 Å². The van der Waals surface area contributed by atoms with Crippen molar-refractivity contribution in [2.75, 3.05) is 30.5 Å². The van der Waals surface area contributed by atoms with Crippen molar-refractivity contribution in [3.63, 3.8) is 0 Å². The van der Waals surface area contributed by atoms with Crippen LogP contribution in [0.1, 0.15) is 64.5 Å². The highest BCUT2D eigenvalue weighted by Crippen LogP contribution is 2.52. The van der Waals surface area contributed by atoms with Gasteiger partial charge in [-0.05, 0) is 67.3 Å². The van der Waals surface area contributed by atoms with Crippen molar-refractivity contribution in [1.29, 1.82) is 0 Å². The van der Waals surface area contributed by atoms with E-state index in [0.29, 0.717) is 36.8 Å². The summed E-state index contributed by atoms with van der Waals surface area (Å²) in [6.45, 7) is 8.66. The highest BCUT2D eigenvalue weighted by Gasteiger charge is 2.45. The van der Waals surface area contributed by atoms with E-state index in [9.17, 15) is 22.9 Å². The Kier molecular flexibility index (Phi) is 9.87. The van der Waals surface area contributed by atoms with Gasteiger partial charge in [0.15, 0.2) is 5.84 Å². The summed E-state index contributed by atoms with van der Waals surface area (Å²) in [7, 11) is -6.79. The standard InChI is InChI=1S/C34H45N4O6PS/c1-6-44-45(41)29-20-23(12-8-7-11-19-46(5,42)43)15-16-27(29)36-32(37-45)30-31(39)28(38(33(30)40)18-17-34(2,3)4)21-24-22-35-26-14-10-9-13-25(24)26/h9-10,13-16,20,22,28,35,39H,6-8,11-12,17-19,21H2,1-5H3,(H,36,37,41). The second-order valence-electron chi connectivity index (χ2n) is 13.5. The SMILES string of the molecule is CCOP1(=O)N=C(C2=C(O)C(Cc3c[nH]c4ccccc34)N(CCC(C)(C)C)C2=O)Nc2ccc(CCCCCS(C)(=O)=O)cc21. The summed E-state index contributed by atoms with van der Waals surface area (Å²) in [5.74, 6) is -0.263. The number of aryl methyl sites for hydroxylation is 1. The van der Waals surface area contributed by atoms with E-state index in [2.05, 4.69) is 35.8 Å². The summed E-state index contributed by atoms with van der Waals surface area (Å²) in [5, 5.41) is 16.4. The number of benzene rings is 2. The van der Waals surface area contributed by atoms with Crippen molar-refractivity contribution in [2.45, 2.75) is 72.3 Å². The molecular weight excluding hydrogens is 623 g/mol. The molecule has 2 unspecified atom stereocenters. The van der Waals surface area contributed by atoms with Crippen LogP contribution in [0.3, 0.4) is 0 Å². The minimum absolute atomic E-state index is 0.0132. The number of carbonyl (C=O) groups is 1. The number of nitrogens with one attached hydrogen (secondary N) is 2. The zero-order valence-corrected chi connectivity index (χ0v) is 29.0. The van der Waals surface area contributed by atoms with Gasteiger partial charge >= 0.3 is 7.52 Å². The van der Waals surface area contributed by atoms with Gasteiger partial charge in [0.2, 0.25) is 0 Å². The van der Waals surface area contributed by atoms with Crippen molar-refractivity contribution in [3.05, 3.63) is 71.1 Å². The number of aromatic amines is 1. The molecule has 3 aromatic rings. The van der Waals surface area contributed by atoms with Gasteiger partial charge in [0, 0.05) is 42.1 Å². The molecule has 12 heteroatoms. The summed E-state index contributed by atoms with van der Waals surface area (Å²) >= 11 is 0. The van der Waals surface area contributed by atoms with Crippen LogP contribution in [0.4, 0.5) is 5.69 Å². The molecule has 0 bridgehead atoms. The van der Waals surface area contributed by atoms with Gasteiger partial charge in [-0.3, -0.25) is 9.36 Å². The number of nitrogens with zero attached hydrogens (tertiary/aromatic N) is 2. The molecule has 2 aliphatic rings. The van der Waals surface area contributed by atoms with Gasteiger partial charge < -0.3 is 24.8 Å². The van der Waals surface area contributed by atoms with Gasteiger partial charge in [-0.1, -0.05) is 51.5 Å². The number of sulfone groups is 1. The summed E-state index contributed by atoms with van der Waals surface area (Å²) in [6, 6.07) is 12.9. The van der Waals surface area contributed by atoms with E-state index in [1.54, 1.807) is 17.9 Å². The second kappa shape index (κ2) is 13.4. The smallest absolute Gasteiger partial charge is 0.348 e. The van der Waals surface area contributed by atoms with E-state index in [1.807, 2.05) is 42.6 Å². The van der Waals surface area contributed by atoms with Crippen LogP contribution >= 0.6 is 7.52 Å². The Balaban J connectivity index is 1.45. The molecular formula is C34H45N4O6PS. The molecule has 0 fully saturated rings. The van der Waals surface area contributed by atoms with Crippen LogP contribution < -0.4 is 10.6 Å². The number of hydrogen-bond acceptors (Lipinski definition) is 7. The summed E-state index contributed by atoms with van der Waals surface area (Å²) in [5.41, 5.74) is 3.38. The Labute approximate surface area is 271 Å². The van der Waals surface area contributed by atoms with Crippen molar-refractivity contribution < 1.29 is 27.4 Å². The fraction of sp³-hybridized carbons (Fsp3) is 0.471. The Morgan fingerprint density at radius 3 is 2.59 bits per heavy atom. The highest BCUT2D eigenvalue weighted by molar-refractivity contribution is 7.90. The van der Waals surface area contributed by atoms with Gasteiger partial charge in [0.1, 0.15) is 21.2 Å². The molecule has 248 valence electrons. The first kappa shape index (κ1) is 33.9. The second-order valence-corrected chi connectivity index (χ2v) is 17.7. The van der Waals surface area contributed by atoms with E-state index in [4.69, 9.17) is 4.52 Å². The zero-order chi connectivity index (χ0) is 33.3. The van der Waals surface area contributed by atoms with Crippen LogP contribution in [-0.4, -0.2) is 66.4 Å². The Morgan fingerprint density at radius 2 is 1.87 bits per heavy atom. The number of anilines is 1. The number of amidine groups is 1. The molecule has 1 aromatic heterocycles. The molecule has 0 saturated carbocycles. The summed E-state index contributed by atoms with van der Waals surface area (Å²) in [4.78, 5) is 19.1. The van der Waals surface area contributed by atoms with Gasteiger partial charge in [-0.2, -0.15) is 4.76 Å². The predicted octanol–water partition coefficient (Wildman–Crippen LogP) is 6.31. The number of aliphatic hydroxyl groups excluding tert-OH is 1. The molecule has 46 heavy (non-hydrogen) atoms. The molecule has 0 aliphatic carbocycles. The van der Waals surface area contributed by atoms with Crippen molar-refractivity contribution >= 4 is 51.0 Å². The van der Waals surface area contributed by atoms with Crippen LogP contribution in [0.25, 0.3) is 10.9 Å². The van der Waals surface area contributed by atoms with Gasteiger partial charge in [-0.25, -0.2) is 8.42 Å². The number of unbranched alkanes of at least 4 members (excludes halogenated alkanes) is 2. The van der Waals surface area contributed by atoms with Crippen LogP contribution in [0.15, 0.2) is 64.8 Å². The molecule has 2 atom stereocenters. The van der Waals surface area contributed by atoms with Crippen molar-refractivity contribution in [3.8, 4) is 0 Å². The maximum Gasteiger partial charge on any atom is 0.348 e. The van der Waals surface area contributed by atoms with Crippen LogP contribution in [0.2, 0.25) is 0 Å². The average Bonchev–Trinajstić information content (AvgIpc) is 3.48. The Morgan fingerprint density at radius 1 is 1.11 bits per heavy atom. The third kappa shape index (κ3) is 7.59. The average molecular weight is 669 g/mol. The fourth-order valence-corrected chi connectivity index (χ4v) is 8.59. The number of para-hydroxylation sites is 1. The van der Waals surface area contributed by atoms with E-state index >= 15 is 0 Å². The van der Waals surface area contributed by atoms with E-state index in [1.165, 1.54) is 6.26 Å². The third-order valence-corrected chi connectivity index (χ3v) is 11.6. The van der Waals surface area contributed by atoms with Crippen LogP contribution in [-0.2, 0) is 36.6 Å². The van der Waals surface area contributed by atoms with E-state index < -0.39 is 23.4 Å². The summed E-state index contributed by atoms with van der Waals surface area (Å²) in [6.07, 6.45) is 7.10. The number of hydrogen-bond donors (Lipinski definition) is 3. The number of H-pyrrole nitrogens is 1. The molecule has 3 heterocycles. The predicted molar refractivity (Wildman–Crippen MR) is 185 cm³/mol. The summed E-state index contributed by atoms with van der Waals surface area (Å²) < 4.78 is 47.6. The molecule has 2 aliphatic heterocycles. The van der Waals surface area contributed by atoms with Crippen LogP contribution in [0, 0.1) is 5.41 Å². The number of rotatable bonds is 13. The largest absolute Gasteiger partial charge is 0.509 e. The Bertz CT molecular complexity index is 1840. The maximum absolute atomic E-state index is 14.3. The highest BCUT2D eigenvalue weighted by atomic mass is 32.2. The first-order chi connectivity index (χ1) is 21.7. The molecule has 10 nitrogen and oxygen atoms in total. The number of aliphatic hydroxyl groups is 1. The first-order valence-corrected chi connectivity index (χ1v) is 19.6. The lowest BCUT2D eigenvalue weighted by Gasteiger charge is -2.29. The van der Waals surface area contributed by atoms with Crippen molar-refractivity contribution in [2.24, 2.45) is 10.2 Å². The normalized spacial score (nSPS) is 20.3. The molecule has 0 saturated heterocycles. The number of carbonyl (C=O) groups excluding carboxylic acids is 1. The minimum Gasteiger partial charge on any atom is -0.509 e. The number of aromatic nitrogens is 1. The molecule has 0 radical (unpaired) electrons. The quantitative estimate of drug-likeness (QED) is 0.143. The molecule has 2 aromatic carbocycles. The first-order valence-electron chi connectivity index (χ1n) is 15.9. The van der Waals surface area contributed by atoms with Crippen LogP contribution in [0.5, 0.6) is 0 Å². The number of amides is 1. The maximum atomic E-state index is 14.3. The molecule has 1 amide bonds. The lowest BCUT2D eigenvalue weighted by Crippen LogP contribution is -2.40. The monoisotopic (exact) mass is 668 g/mol.